The summed E-state index contributed by atoms with van der Waals surface area (Å²) in [5.74, 6) is 0.935. The Labute approximate surface area is 161 Å². The molecule has 1 atom stereocenters. The predicted molar refractivity (Wildman–Crippen MR) is 105 cm³/mol. The normalized spacial score (nSPS) is 11.8. The van der Waals surface area contributed by atoms with Crippen LogP contribution in [0.5, 0.6) is 0 Å². The van der Waals surface area contributed by atoms with Crippen molar-refractivity contribution in [1.29, 1.82) is 0 Å². The van der Waals surface area contributed by atoms with Crippen molar-refractivity contribution in [2.75, 3.05) is 17.2 Å². The van der Waals surface area contributed by atoms with Crippen molar-refractivity contribution in [3.8, 4) is 11.3 Å². The summed E-state index contributed by atoms with van der Waals surface area (Å²) >= 11 is 12.3. The van der Waals surface area contributed by atoms with Crippen molar-refractivity contribution in [3.63, 3.8) is 0 Å². The number of aromatic nitrogens is 3. The molecular formula is C18H17Cl2N5O. The minimum Gasteiger partial charge on any atom is -0.394 e. The number of hydrogen-bond donors (Lipinski definition) is 3. The molecule has 0 radical (unpaired) electrons. The van der Waals surface area contributed by atoms with E-state index in [-0.39, 0.29) is 12.6 Å². The van der Waals surface area contributed by atoms with E-state index in [0.29, 0.717) is 33.2 Å². The van der Waals surface area contributed by atoms with Crippen LogP contribution in [-0.4, -0.2) is 32.7 Å². The van der Waals surface area contributed by atoms with Gasteiger partial charge >= 0.3 is 0 Å². The van der Waals surface area contributed by atoms with Gasteiger partial charge in [0.15, 0.2) is 0 Å². The molecule has 0 unspecified atom stereocenters. The summed E-state index contributed by atoms with van der Waals surface area (Å²) in [5.41, 5.74) is 2.23. The average Bonchev–Trinajstić information content (AvgIpc) is 2.66. The molecule has 0 saturated carbocycles. The van der Waals surface area contributed by atoms with Crippen LogP contribution in [0.4, 0.5) is 17.5 Å². The molecule has 2 heterocycles. The molecule has 2 aromatic heterocycles. The maximum Gasteiger partial charge on any atom is 0.225 e. The molecule has 0 spiro atoms. The minimum atomic E-state index is -0.190. The molecule has 3 N–H and O–H groups in total. The van der Waals surface area contributed by atoms with E-state index in [1.54, 1.807) is 30.6 Å². The van der Waals surface area contributed by atoms with Gasteiger partial charge in [0.25, 0.3) is 0 Å². The van der Waals surface area contributed by atoms with Crippen molar-refractivity contribution in [3.05, 3.63) is 58.8 Å². The van der Waals surface area contributed by atoms with E-state index in [1.165, 1.54) is 0 Å². The Morgan fingerprint density at radius 3 is 2.62 bits per heavy atom. The Bertz CT molecular complexity index is 892. The van der Waals surface area contributed by atoms with E-state index >= 15 is 0 Å². The van der Waals surface area contributed by atoms with Crippen LogP contribution in [0.1, 0.15) is 6.92 Å². The molecule has 8 heteroatoms. The smallest absolute Gasteiger partial charge is 0.225 e. The highest BCUT2D eigenvalue weighted by molar-refractivity contribution is 6.43. The van der Waals surface area contributed by atoms with Crippen molar-refractivity contribution in [1.82, 2.24) is 15.0 Å². The van der Waals surface area contributed by atoms with Crippen LogP contribution in [0.3, 0.4) is 0 Å². The zero-order valence-corrected chi connectivity index (χ0v) is 15.5. The molecule has 3 aromatic rings. The number of nitrogens with zero attached hydrogens (tertiary/aromatic N) is 3. The van der Waals surface area contributed by atoms with Gasteiger partial charge in [0, 0.05) is 30.1 Å². The molecule has 0 amide bonds. The number of aliphatic hydroxyl groups excluding tert-OH is 1. The number of aliphatic hydroxyl groups is 1. The number of nitrogens with one attached hydrogen (secondary N) is 2. The first-order valence-electron chi connectivity index (χ1n) is 7.94. The lowest BCUT2D eigenvalue weighted by Crippen LogP contribution is -2.21. The number of hydrogen-bond acceptors (Lipinski definition) is 6. The number of anilines is 3. The molecular weight excluding hydrogens is 373 g/mol. The molecule has 0 fully saturated rings. The summed E-state index contributed by atoms with van der Waals surface area (Å²) in [6.07, 6.45) is 3.39. The summed E-state index contributed by atoms with van der Waals surface area (Å²) in [5, 5.41) is 16.4. The van der Waals surface area contributed by atoms with Gasteiger partial charge in [-0.15, -0.1) is 0 Å². The zero-order chi connectivity index (χ0) is 18.5. The van der Waals surface area contributed by atoms with Gasteiger partial charge in [-0.3, -0.25) is 4.98 Å². The summed E-state index contributed by atoms with van der Waals surface area (Å²) < 4.78 is 0. The topological polar surface area (TPSA) is 83.0 Å². The van der Waals surface area contributed by atoms with Gasteiger partial charge in [0.05, 0.1) is 28.0 Å². The van der Waals surface area contributed by atoms with Gasteiger partial charge in [-0.05, 0) is 31.2 Å². The first-order chi connectivity index (χ1) is 12.6. The van der Waals surface area contributed by atoms with Gasteiger partial charge in [0.2, 0.25) is 5.95 Å². The lowest BCUT2D eigenvalue weighted by atomic mass is 10.2. The van der Waals surface area contributed by atoms with Crippen molar-refractivity contribution in [2.45, 2.75) is 13.0 Å². The molecule has 0 aliphatic carbocycles. The number of pyridine rings is 1. The van der Waals surface area contributed by atoms with Crippen LogP contribution >= 0.6 is 23.2 Å². The molecule has 0 aliphatic rings. The van der Waals surface area contributed by atoms with E-state index in [9.17, 15) is 5.11 Å². The monoisotopic (exact) mass is 389 g/mol. The van der Waals surface area contributed by atoms with E-state index in [4.69, 9.17) is 23.2 Å². The van der Waals surface area contributed by atoms with E-state index in [0.717, 1.165) is 5.56 Å². The Morgan fingerprint density at radius 1 is 1.12 bits per heavy atom. The maximum absolute atomic E-state index is 9.28. The predicted octanol–water partition coefficient (Wildman–Crippen LogP) is 4.38. The SMILES string of the molecule is C[C@H](CO)Nc1nc(Nc2cccc(Cl)c2Cl)cc(-c2ccncc2)n1. The highest BCUT2D eigenvalue weighted by Gasteiger charge is 2.11. The van der Waals surface area contributed by atoms with Gasteiger partial charge in [-0.1, -0.05) is 29.3 Å². The first kappa shape index (κ1) is 18.4. The Morgan fingerprint density at radius 2 is 1.88 bits per heavy atom. The summed E-state index contributed by atoms with van der Waals surface area (Å²) in [6.45, 7) is 1.80. The van der Waals surface area contributed by atoms with Crippen LogP contribution in [0, 0.1) is 0 Å². The Kier molecular flexibility index (Phi) is 5.88. The lowest BCUT2D eigenvalue weighted by molar-refractivity contribution is 0.281. The molecule has 3 rings (SSSR count). The van der Waals surface area contributed by atoms with Crippen LogP contribution in [0.15, 0.2) is 48.8 Å². The molecule has 0 bridgehead atoms. The van der Waals surface area contributed by atoms with Crippen LogP contribution in [0.2, 0.25) is 10.0 Å². The summed E-state index contributed by atoms with van der Waals surface area (Å²) in [7, 11) is 0. The van der Waals surface area contributed by atoms with Gasteiger partial charge in [0.1, 0.15) is 5.82 Å². The number of benzene rings is 1. The van der Waals surface area contributed by atoms with Gasteiger partial charge in [-0.25, -0.2) is 4.98 Å². The second-order valence-corrected chi connectivity index (χ2v) is 6.44. The molecule has 0 saturated heterocycles. The zero-order valence-electron chi connectivity index (χ0n) is 13.9. The largest absolute Gasteiger partial charge is 0.394 e. The van der Waals surface area contributed by atoms with Crippen LogP contribution < -0.4 is 10.6 Å². The maximum atomic E-state index is 9.28. The highest BCUT2D eigenvalue weighted by atomic mass is 35.5. The first-order valence-corrected chi connectivity index (χ1v) is 8.70. The highest BCUT2D eigenvalue weighted by Crippen LogP contribution is 2.32. The third-order valence-corrected chi connectivity index (χ3v) is 4.38. The average molecular weight is 390 g/mol. The standard InChI is InChI=1S/C18H17Cl2N5O/c1-11(10-26)22-18-24-15(12-5-7-21-8-6-12)9-16(25-18)23-14-4-2-3-13(19)17(14)20/h2-9,11,26H,10H2,1H3,(H2,22,23,24,25)/t11-/m1/s1. The number of halogens is 2. The van der Waals surface area contributed by atoms with Crippen LogP contribution in [-0.2, 0) is 0 Å². The molecule has 0 aliphatic heterocycles. The molecule has 6 nitrogen and oxygen atoms in total. The van der Waals surface area contributed by atoms with Crippen LogP contribution in [0.25, 0.3) is 11.3 Å². The Balaban J connectivity index is 2.00. The fraction of sp³-hybridized carbons (Fsp3) is 0.167. The fourth-order valence-electron chi connectivity index (χ4n) is 2.25. The Hall–Kier alpha value is -2.41. The van der Waals surface area contributed by atoms with Crippen molar-refractivity contribution >= 4 is 40.7 Å². The third-order valence-electron chi connectivity index (χ3n) is 3.57. The van der Waals surface area contributed by atoms with E-state index in [1.807, 2.05) is 25.1 Å². The second-order valence-electron chi connectivity index (χ2n) is 5.65. The van der Waals surface area contributed by atoms with E-state index in [2.05, 4.69) is 25.6 Å². The van der Waals surface area contributed by atoms with E-state index < -0.39 is 0 Å². The molecule has 134 valence electrons. The molecule has 1 aromatic carbocycles. The molecule has 26 heavy (non-hydrogen) atoms. The second kappa shape index (κ2) is 8.31. The summed E-state index contributed by atoms with van der Waals surface area (Å²) in [6, 6.07) is 10.7. The van der Waals surface area contributed by atoms with Gasteiger partial charge < -0.3 is 15.7 Å². The number of rotatable bonds is 6. The minimum absolute atomic E-state index is 0.0360. The quantitative estimate of drug-likeness (QED) is 0.579. The van der Waals surface area contributed by atoms with Gasteiger partial charge in [-0.2, -0.15) is 4.98 Å². The third kappa shape index (κ3) is 4.40. The van der Waals surface area contributed by atoms with Crippen molar-refractivity contribution < 1.29 is 5.11 Å². The van der Waals surface area contributed by atoms with Crippen molar-refractivity contribution in [2.24, 2.45) is 0 Å². The fourth-order valence-corrected chi connectivity index (χ4v) is 2.60. The summed E-state index contributed by atoms with van der Waals surface area (Å²) in [4.78, 5) is 13.0. The lowest BCUT2D eigenvalue weighted by Gasteiger charge is -2.15.